The number of rotatable bonds is 1. The highest BCUT2D eigenvalue weighted by atomic mass is 14.6. The third kappa shape index (κ3) is 3.28. The maximum atomic E-state index is 7.37. The van der Waals surface area contributed by atoms with Crippen LogP contribution in [0.1, 0.15) is 33.3 Å². The number of nitrogen functional groups attached to an aromatic ring is 1. The van der Waals surface area contributed by atoms with E-state index in [0.717, 1.165) is 11.1 Å². The van der Waals surface area contributed by atoms with Crippen LogP contribution in [0.15, 0.2) is 18.2 Å². The molecular formula is C11H20N2. The van der Waals surface area contributed by atoms with Gasteiger partial charge in [0.15, 0.2) is 0 Å². The smallest absolute Gasteiger partial charge is 0.0408 e. The molecular weight excluding hydrogens is 160 g/mol. The van der Waals surface area contributed by atoms with E-state index in [0.29, 0.717) is 11.4 Å². The Morgan fingerprint density at radius 3 is 2.31 bits per heavy atom. The highest BCUT2D eigenvalue weighted by Crippen LogP contribution is 2.13. The number of hydrogen-bond acceptors (Lipinski definition) is 2. The van der Waals surface area contributed by atoms with E-state index in [2.05, 4.69) is 0 Å². The van der Waals surface area contributed by atoms with Crippen LogP contribution in [0.3, 0.4) is 0 Å². The maximum Gasteiger partial charge on any atom is 0.0408 e. The van der Waals surface area contributed by atoms with Gasteiger partial charge in [-0.2, -0.15) is 0 Å². The van der Waals surface area contributed by atoms with Gasteiger partial charge >= 0.3 is 0 Å². The van der Waals surface area contributed by atoms with Crippen molar-refractivity contribution in [3.8, 4) is 0 Å². The van der Waals surface area contributed by atoms with Gasteiger partial charge in [0.05, 0.1) is 0 Å². The summed E-state index contributed by atoms with van der Waals surface area (Å²) in [4.78, 5) is 0. The molecule has 0 spiro atoms. The molecule has 0 aliphatic heterocycles. The Bertz CT molecular complexity index is 295. The quantitative estimate of drug-likeness (QED) is 0.506. The predicted octanol–water partition coefficient (Wildman–Crippen LogP) is 3.24. The van der Waals surface area contributed by atoms with Gasteiger partial charge in [-0.25, -0.2) is 0 Å². The lowest BCUT2D eigenvalue weighted by Gasteiger charge is -2.03. The molecule has 1 aromatic carbocycles. The molecule has 0 amide bonds. The molecule has 0 aliphatic rings. The summed E-state index contributed by atoms with van der Waals surface area (Å²) in [5, 5.41) is 7.37. The third-order valence-electron chi connectivity index (χ3n) is 1.61. The normalized spacial score (nSPS) is 8.62. The fourth-order valence-electron chi connectivity index (χ4n) is 1.02. The highest BCUT2D eigenvalue weighted by molar-refractivity contribution is 6.00. The average molecular weight is 180 g/mol. The zero-order valence-electron chi connectivity index (χ0n) is 8.81. The van der Waals surface area contributed by atoms with Crippen molar-refractivity contribution in [3.05, 3.63) is 29.3 Å². The first kappa shape index (κ1) is 11.7. The highest BCUT2D eigenvalue weighted by Gasteiger charge is 1.99. The van der Waals surface area contributed by atoms with Gasteiger partial charge in [-0.1, -0.05) is 26.0 Å². The molecule has 0 radical (unpaired) electrons. The van der Waals surface area contributed by atoms with Gasteiger partial charge < -0.3 is 11.1 Å². The van der Waals surface area contributed by atoms with Gasteiger partial charge in [0.1, 0.15) is 0 Å². The summed E-state index contributed by atoms with van der Waals surface area (Å²) in [6.07, 6.45) is 0. The molecule has 3 N–H and O–H groups in total. The topological polar surface area (TPSA) is 49.9 Å². The molecule has 0 aliphatic carbocycles. The molecule has 0 saturated heterocycles. The Hall–Kier alpha value is -1.31. The molecule has 2 nitrogen and oxygen atoms in total. The van der Waals surface area contributed by atoms with Gasteiger partial charge in [0, 0.05) is 18.4 Å². The van der Waals surface area contributed by atoms with Crippen molar-refractivity contribution in [1.82, 2.24) is 0 Å². The average Bonchev–Trinajstić information content (AvgIpc) is 2.07. The summed E-state index contributed by atoms with van der Waals surface area (Å²) in [7, 11) is 0. The number of anilines is 1. The molecule has 0 saturated carbocycles. The predicted molar refractivity (Wildman–Crippen MR) is 61.6 cm³/mol. The van der Waals surface area contributed by atoms with Crippen LogP contribution >= 0.6 is 0 Å². The fourth-order valence-corrected chi connectivity index (χ4v) is 1.02. The minimum atomic E-state index is 0. The maximum absolute atomic E-state index is 7.37. The molecule has 74 valence electrons. The first-order valence-corrected chi connectivity index (χ1v) is 4.53. The fraction of sp³-hybridized carbons (Fsp3) is 0.364. The van der Waals surface area contributed by atoms with Crippen molar-refractivity contribution in [3.63, 3.8) is 0 Å². The van der Waals surface area contributed by atoms with Gasteiger partial charge in [-0.3, -0.25) is 0 Å². The lowest BCUT2D eigenvalue weighted by Crippen LogP contribution is -1.99. The summed E-state index contributed by atoms with van der Waals surface area (Å²) in [5.74, 6) is 0. The van der Waals surface area contributed by atoms with Crippen molar-refractivity contribution in [2.75, 3.05) is 5.73 Å². The van der Waals surface area contributed by atoms with Crippen molar-refractivity contribution >= 4 is 11.4 Å². The Morgan fingerprint density at radius 2 is 1.92 bits per heavy atom. The molecule has 0 fully saturated rings. The number of hydrogen-bond donors (Lipinski definition) is 2. The van der Waals surface area contributed by atoms with E-state index < -0.39 is 0 Å². The standard InChI is InChI=1S/C9H12N2.C2H6.H2/c1-6-3-4-8(7(2)10)9(11)5-6;1-2;/h3-5,10H,11H2,1-2H3;1-2H3;1H. The van der Waals surface area contributed by atoms with Crippen LogP contribution in [0.4, 0.5) is 5.69 Å². The van der Waals surface area contributed by atoms with Crippen LogP contribution < -0.4 is 5.73 Å². The van der Waals surface area contributed by atoms with Crippen LogP contribution in [0, 0.1) is 12.3 Å². The SMILES string of the molecule is CC.CC(=N)c1ccc(C)cc1N.[HH]. The zero-order valence-corrected chi connectivity index (χ0v) is 8.81. The first-order valence-electron chi connectivity index (χ1n) is 4.53. The van der Waals surface area contributed by atoms with Gasteiger partial charge in [-0.05, 0) is 25.5 Å². The summed E-state index contributed by atoms with van der Waals surface area (Å²) >= 11 is 0. The number of nitrogens with two attached hydrogens (primary N) is 1. The summed E-state index contributed by atoms with van der Waals surface area (Å²) in [6, 6.07) is 5.73. The van der Waals surface area contributed by atoms with Crippen LogP contribution in [0.2, 0.25) is 0 Å². The van der Waals surface area contributed by atoms with Crippen LogP contribution in [0.25, 0.3) is 0 Å². The van der Waals surface area contributed by atoms with E-state index in [9.17, 15) is 0 Å². The molecule has 0 aromatic heterocycles. The second kappa shape index (κ2) is 5.36. The minimum Gasteiger partial charge on any atom is -0.398 e. The Balaban J connectivity index is 0. The molecule has 1 aromatic rings. The molecule has 1 rings (SSSR count). The van der Waals surface area contributed by atoms with Gasteiger partial charge in [-0.15, -0.1) is 0 Å². The lowest BCUT2D eigenvalue weighted by atomic mass is 10.1. The van der Waals surface area contributed by atoms with Gasteiger partial charge in [0.2, 0.25) is 0 Å². The summed E-state index contributed by atoms with van der Waals surface area (Å²) in [5.41, 5.74) is 8.85. The Labute approximate surface area is 81.8 Å². The first-order chi connectivity index (χ1) is 6.11. The van der Waals surface area contributed by atoms with E-state index in [1.807, 2.05) is 39.0 Å². The van der Waals surface area contributed by atoms with Crippen molar-refractivity contribution in [2.45, 2.75) is 27.7 Å². The number of benzene rings is 1. The number of nitrogens with one attached hydrogen (secondary N) is 1. The van der Waals surface area contributed by atoms with E-state index in [1.54, 1.807) is 6.92 Å². The summed E-state index contributed by atoms with van der Waals surface area (Å²) in [6.45, 7) is 7.72. The lowest BCUT2D eigenvalue weighted by molar-refractivity contribution is 1.42. The van der Waals surface area contributed by atoms with Crippen LogP contribution in [0.5, 0.6) is 0 Å². The van der Waals surface area contributed by atoms with Crippen molar-refractivity contribution in [1.29, 1.82) is 5.41 Å². The minimum absolute atomic E-state index is 0. The molecule has 2 heteroatoms. The number of aryl methyl sites for hydroxylation is 1. The molecule has 0 unspecified atom stereocenters. The summed E-state index contributed by atoms with van der Waals surface area (Å²) < 4.78 is 0. The van der Waals surface area contributed by atoms with E-state index in [-0.39, 0.29) is 1.43 Å². The molecule has 0 heterocycles. The monoisotopic (exact) mass is 180 g/mol. The largest absolute Gasteiger partial charge is 0.398 e. The molecule has 0 atom stereocenters. The van der Waals surface area contributed by atoms with E-state index in [4.69, 9.17) is 11.1 Å². The Morgan fingerprint density at radius 1 is 1.38 bits per heavy atom. The van der Waals surface area contributed by atoms with Crippen LogP contribution in [-0.4, -0.2) is 5.71 Å². The molecule has 13 heavy (non-hydrogen) atoms. The zero-order chi connectivity index (χ0) is 10.4. The van der Waals surface area contributed by atoms with Gasteiger partial charge in [0.25, 0.3) is 0 Å². The Kier molecular flexibility index (Phi) is 4.82. The van der Waals surface area contributed by atoms with Crippen molar-refractivity contribution < 1.29 is 1.43 Å². The third-order valence-corrected chi connectivity index (χ3v) is 1.61. The molecule has 0 bridgehead atoms. The van der Waals surface area contributed by atoms with Crippen molar-refractivity contribution in [2.24, 2.45) is 0 Å². The van der Waals surface area contributed by atoms with E-state index in [1.165, 1.54) is 0 Å². The van der Waals surface area contributed by atoms with E-state index >= 15 is 0 Å². The second-order valence-electron chi connectivity index (χ2n) is 2.72. The second-order valence-corrected chi connectivity index (χ2v) is 2.72. The van der Waals surface area contributed by atoms with Crippen LogP contribution in [-0.2, 0) is 0 Å².